The third kappa shape index (κ3) is 3.54. The number of fused-ring (bicyclic) bond motifs is 2. The molecule has 2 aromatic rings. The van der Waals surface area contributed by atoms with Crippen molar-refractivity contribution in [2.75, 3.05) is 23.5 Å². The van der Waals surface area contributed by atoms with Gasteiger partial charge in [-0.2, -0.15) is 0 Å². The number of benzene rings is 1. The van der Waals surface area contributed by atoms with E-state index in [-0.39, 0.29) is 30.7 Å². The van der Waals surface area contributed by atoms with Crippen LogP contribution >= 0.6 is 0 Å². The maximum absolute atomic E-state index is 12.7. The van der Waals surface area contributed by atoms with Crippen molar-refractivity contribution in [2.24, 2.45) is 5.73 Å². The predicted octanol–water partition coefficient (Wildman–Crippen LogP) is 2.22. The van der Waals surface area contributed by atoms with Gasteiger partial charge in [-0.05, 0) is 42.7 Å². The van der Waals surface area contributed by atoms with E-state index in [1.54, 1.807) is 29.0 Å². The van der Waals surface area contributed by atoms with Gasteiger partial charge in [0.2, 0.25) is 0 Å². The number of hydrogen-bond acceptors (Lipinski definition) is 7. The van der Waals surface area contributed by atoms with Crippen molar-refractivity contribution >= 4 is 23.6 Å². The highest BCUT2D eigenvalue weighted by molar-refractivity contribution is 5.97. The van der Waals surface area contributed by atoms with Gasteiger partial charge in [0, 0.05) is 12.5 Å². The molecule has 1 saturated carbocycles. The van der Waals surface area contributed by atoms with E-state index < -0.39 is 6.09 Å². The molecular formula is C22H24N4O5. The van der Waals surface area contributed by atoms with Gasteiger partial charge in [-0.25, -0.2) is 9.78 Å². The lowest BCUT2D eigenvalue weighted by Gasteiger charge is -2.32. The van der Waals surface area contributed by atoms with E-state index in [1.807, 2.05) is 24.3 Å². The molecule has 9 heteroatoms. The summed E-state index contributed by atoms with van der Waals surface area (Å²) in [5.74, 6) is 1.90. The number of hydrogen-bond donors (Lipinski definition) is 1. The fraction of sp³-hybridized carbons (Fsp3) is 0.409. The van der Waals surface area contributed by atoms with Crippen LogP contribution < -0.4 is 25.0 Å². The molecule has 3 heterocycles. The molecular weight excluding hydrogens is 400 g/mol. The van der Waals surface area contributed by atoms with Crippen molar-refractivity contribution in [1.82, 2.24) is 4.98 Å². The first kappa shape index (κ1) is 19.6. The molecule has 2 fully saturated rings. The van der Waals surface area contributed by atoms with E-state index in [9.17, 15) is 9.59 Å². The van der Waals surface area contributed by atoms with Crippen LogP contribution in [0.4, 0.5) is 16.4 Å². The van der Waals surface area contributed by atoms with Crippen LogP contribution in [0.3, 0.4) is 0 Å². The fourth-order valence-electron chi connectivity index (χ4n) is 4.43. The molecule has 0 spiro atoms. The summed E-state index contributed by atoms with van der Waals surface area (Å²) in [4.78, 5) is 33.1. The number of aromatic nitrogens is 1. The summed E-state index contributed by atoms with van der Waals surface area (Å²) >= 11 is 0. The van der Waals surface area contributed by atoms with Gasteiger partial charge in [-0.15, -0.1) is 0 Å². The number of methoxy groups -OCH3 is 1. The zero-order valence-electron chi connectivity index (χ0n) is 17.2. The number of nitrogens with two attached hydrogens (primary N) is 1. The molecule has 1 saturated heterocycles. The number of pyridine rings is 1. The Morgan fingerprint density at radius 1 is 1.16 bits per heavy atom. The van der Waals surface area contributed by atoms with Crippen molar-refractivity contribution in [1.29, 1.82) is 0 Å². The summed E-state index contributed by atoms with van der Waals surface area (Å²) in [6.07, 6.45) is 1.55. The monoisotopic (exact) mass is 424 g/mol. The van der Waals surface area contributed by atoms with E-state index >= 15 is 0 Å². The molecule has 3 atom stereocenters. The van der Waals surface area contributed by atoms with Crippen molar-refractivity contribution in [3.8, 4) is 11.5 Å². The molecule has 5 rings (SSSR count). The molecule has 1 aromatic carbocycles. The number of nitrogens with zero attached hydrogens (tertiary/aromatic N) is 3. The zero-order valence-corrected chi connectivity index (χ0v) is 17.2. The van der Waals surface area contributed by atoms with Crippen LogP contribution in [0.5, 0.6) is 11.5 Å². The molecule has 31 heavy (non-hydrogen) atoms. The predicted molar refractivity (Wildman–Crippen MR) is 112 cm³/mol. The minimum atomic E-state index is -0.429. The van der Waals surface area contributed by atoms with Gasteiger partial charge in [0.15, 0.2) is 18.2 Å². The number of amides is 2. The van der Waals surface area contributed by atoms with Gasteiger partial charge in [-0.3, -0.25) is 14.6 Å². The number of ether oxygens (including phenoxy) is 3. The highest BCUT2D eigenvalue weighted by Crippen LogP contribution is 2.38. The molecule has 0 radical (unpaired) electrons. The Hall–Kier alpha value is -3.33. The van der Waals surface area contributed by atoms with Crippen molar-refractivity contribution in [3.63, 3.8) is 0 Å². The standard InChI is InChI=1S/C22H24N4O5/c1-29-15-5-2-13(3-6-15)11-25-20(27)12-30-17-8-9-19(24-21(17)25)26-16-7-4-14(23)10-18(16)31-22(26)28/h2-3,5-6,8-9,14,16,18H,4,7,10-12,23H2,1H3/t14-,16-,18+/m1/s1. The third-order valence-electron chi connectivity index (χ3n) is 6.06. The lowest BCUT2D eigenvalue weighted by atomic mass is 9.89. The van der Waals surface area contributed by atoms with E-state index in [0.717, 1.165) is 24.2 Å². The van der Waals surface area contributed by atoms with Crippen molar-refractivity contribution in [3.05, 3.63) is 42.0 Å². The Morgan fingerprint density at radius 2 is 1.97 bits per heavy atom. The minimum Gasteiger partial charge on any atom is -0.497 e. The van der Waals surface area contributed by atoms with E-state index in [4.69, 9.17) is 19.9 Å². The molecule has 3 aliphatic rings. The first-order valence-corrected chi connectivity index (χ1v) is 10.4. The SMILES string of the molecule is COc1ccc(CN2C(=O)COc3ccc(N4C(=O)O[C@H]5C[C@H](N)CC[C@H]54)nc32)cc1. The largest absolute Gasteiger partial charge is 0.497 e. The average molecular weight is 424 g/mol. The van der Waals surface area contributed by atoms with Crippen LogP contribution in [-0.2, 0) is 16.1 Å². The van der Waals surface area contributed by atoms with Crippen LogP contribution in [-0.4, -0.2) is 48.9 Å². The summed E-state index contributed by atoms with van der Waals surface area (Å²) in [6.45, 7) is 0.277. The molecule has 2 aliphatic heterocycles. The molecule has 9 nitrogen and oxygen atoms in total. The molecule has 2 N–H and O–H groups in total. The first-order valence-electron chi connectivity index (χ1n) is 10.4. The van der Waals surface area contributed by atoms with Gasteiger partial charge < -0.3 is 19.9 Å². The third-order valence-corrected chi connectivity index (χ3v) is 6.06. The second-order valence-corrected chi connectivity index (χ2v) is 8.04. The second-order valence-electron chi connectivity index (χ2n) is 8.04. The number of carbonyl (C=O) groups excluding carboxylic acids is 2. The summed E-state index contributed by atoms with van der Waals surface area (Å²) < 4.78 is 16.3. The van der Waals surface area contributed by atoms with Crippen LogP contribution in [0, 0.1) is 0 Å². The smallest absolute Gasteiger partial charge is 0.416 e. The molecule has 2 amide bonds. The molecule has 0 unspecified atom stereocenters. The zero-order chi connectivity index (χ0) is 21.5. The highest BCUT2D eigenvalue weighted by atomic mass is 16.6. The van der Waals surface area contributed by atoms with Crippen molar-refractivity contribution < 1.29 is 23.8 Å². The summed E-state index contributed by atoms with van der Waals surface area (Å²) in [5.41, 5.74) is 6.97. The van der Waals surface area contributed by atoms with Gasteiger partial charge in [-0.1, -0.05) is 12.1 Å². The Balaban J connectivity index is 1.45. The van der Waals surface area contributed by atoms with Crippen molar-refractivity contribution in [2.45, 2.75) is 44.0 Å². The number of anilines is 2. The maximum atomic E-state index is 12.7. The Labute approximate surface area is 179 Å². The van der Waals surface area contributed by atoms with Crippen LogP contribution in [0.1, 0.15) is 24.8 Å². The highest BCUT2D eigenvalue weighted by Gasteiger charge is 2.46. The molecule has 1 aromatic heterocycles. The van der Waals surface area contributed by atoms with Crippen LogP contribution in [0.15, 0.2) is 36.4 Å². The average Bonchev–Trinajstić information content (AvgIpc) is 3.10. The quantitative estimate of drug-likeness (QED) is 0.802. The lowest BCUT2D eigenvalue weighted by Crippen LogP contribution is -2.44. The van der Waals surface area contributed by atoms with E-state index in [2.05, 4.69) is 4.98 Å². The minimum absolute atomic E-state index is 0.0384. The fourth-order valence-corrected chi connectivity index (χ4v) is 4.43. The van der Waals surface area contributed by atoms with E-state index in [0.29, 0.717) is 30.4 Å². The Morgan fingerprint density at radius 3 is 2.74 bits per heavy atom. The molecule has 0 bridgehead atoms. The van der Waals surface area contributed by atoms with Gasteiger partial charge in [0.1, 0.15) is 17.7 Å². The van der Waals surface area contributed by atoms with E-state index in [1.165, 1.54) is 0 Å². The normalized spacial score (nSPS) is 24.9. The topological polar surface area (TPSA) is 107 Å². The maximum Gasteiger partial charge on any atom is 0.416 e. The molecule has 1 aliphatic carbocycles. The summed E-state index contributed by atoms with van der Waals surface area (Å²) in [5, 5.41) is 0. The van der Waals surface area contributed by atoms with Crippen LogP contribution in [0.2, 0.25) is 0 Å². The Kier molecular flexibility index (Phi) is 4.90. The van der Waals surface area contributed by atoms with Gasteiger partial charge >= 0.3 is 6.09 Å². The van der Waals surface area contributed by atoms with Crippen LogP contribution in [0.25, 0.3) is 0 Å². The number of carbonyl (C=O) groups is 2. The second kappa shape index (κ2) is 7.73. The number of rotatable bonds is 4. The Bertz CT molecular complexity index is 1010. The lowest BCUT2D eigenvalue weighted by molar-refractivity contribution is -0.121. The van der Waals surface area contributed by atoms with Gasteiger partial charge in [0.05, 0.1) is 19.7 Å². The van der Waals surface area contributed by atoms with Gasteiger partial charge in [0.25, 0.3) is 5.91 Å². The first-order chi connectivity index (χ1) is 15.0. The summed E-state index contributed by atoms with van der Waals surface area (Å²) in [7, 11) is 1.61. The summed E-state index contributed by atoms with van der Waals surface area (Å²) in [6, 6.07) is 10.9. The molecule has 162 valence electrons.